The Morgan fingerprint density at radius 3 is 2.65 bits per heavy atom. The van der Waals surface area contributed by atoms with E-state index in [9.17, 15) is 4.79 Å². The van der Waals surface area contributed by atoms with E-state index in [1.165, 1.54) is 0 Å². The number of amides is 1. The number of ether oxygens (including phenoxy) is 1. The maximum Gasteiger partial charge on any atom is 0.236 e. The molecular weight excluding hydrogens is 434 g/mol. The summed E-state index contributed by atoms with van der Waals surface area (Å²) in [6, 6.07) is 14.6. The van der Waals surface area contributed by atoms with Crippen LogP contribution in [0.3, 0.4) is 0 Å². The lowest BCUT2D eigenvalue weighted by Crippen LogP contribution is -2.29. The summed E-state index contributed by atoms with van der Waals surface area (Å²) < 4.78 is 10.8. The number of pyridine rings is 2. The third kappa shape index (κ3) is 3.26. The highest BCUT2D eigenvalue weighted by Gasteiger charge is 2.69. The minimum absolute atomic E-state index is 0.105. The number of likely N-dealkylation sites (tertiary alicyclic amines) is 1. The number of carbonyl (C=O) groups excluding carboxylic acids is 1. The van der Waals surface area contributed by atoms with Crippen LogP contribution >= 0.6 is 0 Å². The topological polar surface area (TPSA) is 119 Å². The van der Waals surface area contributed by atoms with E-state index in [2.05, 4.69) is 25.4 Å². The molecule has 6 rings (SSSR count). The molecule has 0 bridgehead atoms. The third-order valence-corrected chi connectivity index (χ3v) is 6.38. The number of rotatable bonds is 6. The van der Waals surface area contributed by atoms with Gasteiger partial charge in [-0.05, 0) is 36.6 Å². The van der Waals surface area contributed by atoms with E-state index in [0.29, 0.717) is 52.1 Å². The molecule has 2 atom stereocenters. The zero-order valence-electron chi connectivity index (χ0n) is 18.6. The van der Waals surface area contributed by atoms with Crippen molar-refractivity contribution in [2.75, 3.05) is 26.0 Å². The summed E-state index contributed by atoms with van der Waals surface area (Å²) in [6.45, 7) is 0.762. The number of carbonyl (C=O) groups is 1. The van der Waals surface area contributed by atoms with Crippen molar-refractivity contribution in [2.45, 2.75) is 11.8 Å². The highest BCUT2D eigenvalue weighted by molar-refractivity contribution is 5.94. The number of methoxy groups -OCH3 is 1. The SMILES string of the molecule is COc1cccc(Nc2nccc(-c3cccc(-c4cc([C@]56CC5CN(C)C6=O)on4)n3)n2)n1. The Kier molecular flexibility index (Phi) is 4.54. The Labute approximate surface area is 195 Å². The number of fused-ring (bicyclic) bond motifs is 1. The minimum Gasteiger partial charge on any atom is -0.481 e. The fraction of sp³-hybridized carbons (Fsp3) is 0.250. The Hall–Kier alpha value is -4.34. The zero-order chi connectivity index (χ0) is 23.3. The molecule has 0 radical (unpaired) electrons. The average molecular weight is 455 g/mol. The molecule has 4 aromatic rings. The number of anilines is 2. The van der Waals surface area contributed by atoms with Crippen molar-refractivity contribution in [3.05, 3.63) is 60.5 Å². The van der Waals surface area contributed by atoms with Gasteiger partial charge in [0.15, 0.2) is 5.76 Å². The lowest BCUT2D eigenvalue weighted by molar-refractivity contribution is -0.130. The predicted octanol–water partition coefficient (Wildman–Crippen LogP) is 3.07. The van der Waals surface area contributed by atoms with Crippen LogP contribution in [0.15, 0.2) is 59.3 Å². The molecule has 1 N–H and O–H groups in total. The van der Waals surface area contributed by atoms with Crippen molar-refractivity contribution in [1.29, 1.82) is 0 Å². The van der Waals surface area contributed by atoms with Crippen LogP contribution in [0, 0.1) is 5.92 Å². The van der Waals surface area contributed by atoms with Crippen LogP contribution in [0.1, 0.15) is 12.2 Å². The molecule has 0 spiro atoms. The standard InChI is InChI=1S/C24H21N7O3/c1-31-13-14-12-24(14,22(31)32)19-11-18(30-34-19)16-6-3-5-15(26-16)17-9-10-25-23(27-17)29-20-7-4-8-21(28-20)33-2/h3-11,14H,12-13H2,1-2H3,(H,25,27,28,29)/t14?,24-/m0/s1. The summed E-state index contributed by atoms with van der Waals surface area (Å²) in [5, 5.41) is 7.30. The van der Waals surface area contributed by atoms with Crippen LogP contribution in [0.25, 0.3) is 22.8 Å². The molecule has 34 heavy (non-hydrogen) atoms. The van der Waals surface area contributed by atoms with E-state index in [1.54, 1.807) is 36.4 Å². The molecule has 1 aliphatic carbocycles. The molecule has 10 heteroatoms. The first-order valence-electron chi connectivity index (χ1n) is 10.9. The normalized spacial score (nSPS) is 20.8. The minimum atomic E-state index is -0.543. The molecule has 1 amide bonds. The maximum atomic E-state index is 12.6. The highest BCUT2D eigenvalue weighted by atomic mass is 16.5. The van der Waals surface area contributed by atoms with Gasteiger partial charge >= 0.3 is 0 Å². The number of nitrogens with zero attached hydrogens (tertiary/aromatic N) is 6. The van der Waals surface area contributed by atoms with E-state index < -0.39 is 5.41 Å². The Morgan fingerprint density at radius 1 is 1.06 bits per heavy atom. The Balaban J connectivity index is 1.26. The monoisotopic (exact) mass is 455 g/mol. The molecule has 4 aromatic heterocycles. The summed E-state index contributed by atoms with van der Waals surface area (Å²) >= 11 is 0. The Morgan fingerprint density at radius 2 is 1.85 bits per heavy atom. The van der Waals surface area contributed by atoms with Crippen LogP contribution in [0.5, 0.6) is 5.88 Å². The average Bonchev–Trinajstić information content (AvgIpc) is 3.24. The molecule has 1 unspecified atom stereocenters. The first-order valence-corrected chi connectivity index (χ1v) is 10.9. The number of aromatic nitrogens is 5. The van der Waals surface area contributed by atoms with Crippen molar-refractivity contribution in [3.8, 4) is 28.7 Å². The lowest BCUT2D eigenvalue weighted by Gasteiger charge is -2.13. The van der Waals surface area contributed by atoms with E-state index in [4.69, 9.17) is 14.2 Å². The summed E-state index contributed by atoms with van der Waals surface area (Å²) in [6.07, 6.45) is 2.47. The van der Waals surface area contributed by atoms with Crippen LogP contribution < -0.4 is 10.1 Å². The molecule has 10 nitrogen and oxygen atoms in total. The van der Waals surface area contributed by atoms with E-state index in [1.807, 2.05) is 37.4 Å². The van der Waals surface area contributed by atoms with Crippen molar-refractivity contribution >= 4 is 17.7 Å². The van der Waals surface area contributed by atoms with Crippen LogP contribution in [-0.2, 0) is 10.2 Å². The predicted molar refractivity (Wildman–Crippen MR) is 122 cm³/mol. The summed E-state index contributed by atoms with van der Waals surface area (Å²) in [4.78, 5) is 32.3. The highest BCUT2D eigenvalue weighted by Crippen LogP contribution is 2.59. The summed E-state index contributed by atoms with van der Waals surface area (Å²) in [5.41, 5.74) is 1.98. The largest absolute Gasteiger partial charge is 0.481 e. The van der Waals surface area contributed by atoms with Gasteiger partial charge in [0.2, 0.25) is 17.7 Å². The van der Waals surface area contributed by atoms with Gasteiger partial charge in [-0.2, -0.15) is 4.98 Å². The fourth-order valence-electron chi connectivity index (χ4n) is 4.57. The fourth-order valence-corrected chi connectivity index (χ4v) is 4.57. The molecular formula is C24H21N7O3. The second-order valence-electron chi connectivity index (χ2n) is 8.50. The lowest BCUT2D eigenvalue weighted by atomic mass is 10.0. The van der Waals surface area contributed by atoms with E-state index >= 15 is 0 Å². The smallest absolute Gasteiger partial charge is 0.236 e. The van der Waals surface area contributed by atoms with Crippen molar-refractivity contribution in [2.24, 2.45) is 5.92 Å². The van der Waals surface area contributed by atoms with Crippen molar-refractivity contribution < 1.29 is 14.1 Å². The van der Waals surface area contributed by atoms with Gasteiger partial charge in [0.05, 0.1) is 24.2 Å². The van der Waals surface area contributed by atoms with Crippen molar-refractivity contribution in [1.82, 2.24) is 30.0 Å². The number of nitrogens with one attached hydrogen (secondary N) is 1. The Bertz CT molecular complexity index is 1400. The van der Waals surface area contributed by atoms with Gasteiger partial charge in [0.25, 0.3) is 0 Å². The molecule has 0 aromatic carbocycles. The van der Waals surface area contributed by atoms with Crippen LogP contribution in [-0.4, -0.2) is 56.6 Å². The number of piperidine rings is 1. The number of likely N-dealkylation sites (N-methyl/N-ethyl adjacent to an activating group) is 1. The van der Waals surface area contributed by atoms with Gasteiger partial charge in [0, 0.05) is 31.9 Å². The second-order valence-corrected chi connectivity index (χ2v) is 8.50. The molecule has 1 saturated carbocycles. The second kappa shape index (κ2) is 7.62. The van der Waals surface area contributed by atoms with Gasteiger partial charge in [-0.1, -0.05) is 17.3 Å². The van der Waals surface area contributed by atoms with Gasteiger partial charge in [-0.15, -0.1) is 0 Å². The first kappa shape index (κ1) is 20.3. The van der Waals surface area contributed by atoms with Gasteiger partial charge in [-0.3, -0.25) is 4.79 Å². The van der Waals surface area contributed by atoms with Crippen molar-refractivity contribution in [3.63, 3.8) is 0 Å². The molecule has 1 saturated heterocycles. The molecule has 1 aliphatic heterocycles. The molecule has 5 heterocycles. The van der Waals surface area contributed by atoms with Gasteiger partial charge in [0.1, 0.15) is 16.9 Å². The number of hydrogen-bond acceptors (Lipinski definition) is 9. The molecule has 2 fully saturated rings. The van der Waals surface area contributed by atoms with E-state index in [0.717, 1.165) is 13.0 Å². The molecule has 2 aliphatic rings. The first-order chi connectivity index (χ1) is 16.6. The maximum absolute atomic E-state index is 12.6. The quantitative estimate of drug-likeness (QED) is 0.468. The zero-order valence-corrected chi connectivity index (χ0v) is 18.6. The number of hydrogen-bond donors (Lipinski definition) is 1. The third-order valence-electron chi connectivity index (χ3n) is 6.38. The summed E-state index contributed by atoms with van der Waals surface area (Å²) in [7, 11) is 3.39. The summed E-state index contributed by atoms with van der Waals surface area (Å²) in [5.74, 6) is 2.47. The van der Waals surface area contributed by atoms with Crippen LogP contribution in [0.4, 0.5) is 11.8 Å². The van der Waals surface area contributed by atoms with E-state index in [-0.39, 0.29) is 5.91 Å². The van der Waals surface area contributed by atoms with Gasteiger partial charge < -0.3 is 19.5 Å². The van der Waals surface area contributed by atoms with Crippen LogP contribution in [0.2, 0.25) is 0 Å². The van der Waals surface area contributed by atoms with Gasteiger partial charge in [-0.25, -0.2) is 15.0 Å². The molecule has 170 valence electrons.